The number of unbranched alkanes of at least 4 members (excludes halogenated alkanes) is 25. The minimum atomic E-state index is -0.788. The lowest BCUT2D eigenvalue weighted by Crippen LogP contribution is -2.30. The molecule has 6 heteroatoms. The van der Waals surface area contributed by atoms with Crippen LogP contribution < -0.4 is 0 Å². The van der Waals surface area contributed by atoms with E-state index in [2.05, 4.69) is 81.5 Å². The Hall–Kier alpha value is -2.89. The fraction of sp³-hybridized carbons (Fsp3) is 0.764. The summed E-state index contributed by atoms with van der Waals surface area (Å²) in [6, 6.07) is 0. The molecule has 0 aliphatic heterocycles. The molecule has 6 nitrogen and oxygen atoms in total. The van der Waals surface area contributed by atoms with Crippen LogP contribution in [0.2, 0.25) is 0 Å². The Balaban J connectivity index is 4.39. The van der Waals surface area contributed by atoms with Gasteiger partial charge < -0.3 is 14.2 Å². The Kier molecular flexibility index (Phi) is 47.4. The second-order valence-electron chi connectivity index (χ2n) is 17.1. The van der Waals surface area contributed by atoms with Crippen molar-refractivity contribution in [3.63, 3.8) is 0 Å². The molecule has 0 radical (unpaired) electrons. The van der Waals surface area contributed by atoms with E-state index in [9.17, 15) is 14.4 Å². The van der Waals surface area contributed by atoms with E-state index in [0.717, 1.165) is 96.3 Å². The van der Waals surface area contributed by atoms with Gasteiger partial charge in [-0.2, -0.15) is 0 Å². The van der Waals surface area contributed by atoms with Gasteiger partial charge in [0, 0.05) is 19.3 Å². The Bertz CT molecular complexity index is 1120. The van der Waals surface area contributed by atoms with Crippen molar-refractivity contribution in [2.24, 2.45) is 0 Å². The highest BCUT2D eigenvalue weighted by Crippen LogP contribution is 2.14. The van der Waals surface area contributed by atoms with Gasteiger partial charge in [-0.1, -0.05) is 204 Å². The monoisotopic (exact) mass is 853 g/mol. The van der Waals surface area contributed by atoms with E-state index < -0.39 is 6.10 Å². The first-order chi connectivity index (χ1) is 30.0. The average Bonchev–Trinajstić information content (AvgIpc) is 3.26. The van der Waals surface area contributed by atoms with Gasteiger partial charge in [0.15, 0.2) is 6.10 Å². The zero-order valence-corrected chi connectivity index (χ0v) is 40.2. The van der Waals surface area contributed by atoms with Crippen molar-refractivity contribution in [2.75, 3.05) is 13.2 Å². The maximum absolute atomic E-state index is 12.8. The van der Waals surface area contributed by atoms with Crippen molar-refractivity contribution >= 4 is 17.9 Å². The summed E-state index contributed by atoms with van der Waals surface area (Å²) in [6.07, 6.45) is 60.6. The summed E-state index contributed by atoms with van der Waals surface area (Å²) in [5, 5.41) is 0. The molecule has 0 heterocycles. The van der Waals surface area contributed by atoms with E-state index in [1.54, 1.807) is 0 Å². The molecular formula is C55H96O6. The minimum absolute atomic E-state index is 0.0866. The van der Waals surface area contributed by atoms with Gasteiger partial charge in [0.2, 0.25) is 0 Å². The SMILES string of the molecule is CCCCC/C=C\C/C=C\C/C=C\C/C=C\CCCCCC(=O)OC[C@@H](COC(=O)CCCCCCCCCCC)OC(=O)CCCCCCC/C=C\CCCCCCCC. The van der Waals surface area contributed by atoms with E-state index in [1.165, 1.54) is 116 Å². The number of hydrogen-bond donors (Lipinski definition) is 0. The molecule has 0 spiro atoms. The van der Waals surface area contributed by atoms with Crippen molar-refractivity contribution in [1.29, 1.82) is 0 Å². The third-order valence-electron chi connectivity index (χ3n) is 11.0. The van der Waals surface area contributed by atoms with Crippen molar-refractivity contribution in [3.8, 4) is 0 Å². The van der Waals surface area contributed by atoms with Gasteiger partial charge in [-0.15, -0.1) is 0 Å². The van der Waals surface area contributed by atoms with Crippen LogP contribution in [0.15, 0.2) is 60.8 Å². The topological polar surface area (TPSA) is 78.9 Å². The Morgan fingerprint density at radius 3 is 0.984 bits per heavy atom. The van der Waals surface area contributed by atoms with Gasteiger partial charge in [-0.05, 0) is 89.9 Å². The molecule has 0 bridgehead atoms. The molecule has 0 fully saturated rings. The molecule has 61 heavy (non-hydrogen) atoms. The molecule has 0 aliphatic rings. The largest absolute Gasteiger partial charge is 0.462 e. The fourth-order valence-electron chi connectivity index (χ4n) is 7.07. The van der Waals surface area contributed by atoms with Gasteiger partial charge in [0.05, 0.1) is 0 Å². The van der Waals surface area contributed by atoms with Crippen LogP contribution in [0, 0.1) is 0 Å². The first kappa shape index (κ1) is 58.1. The van der Waals surface area contributed by atoms with Crippen LogP contribution in [-0.2, 0) is 28.6 Å². The minimum Gasteiger partial charge on any atom is -0.462 e. The molecular weight excluding hydrogens is 757 g/mol. The molecule has 0 amide bonds. The first-order valence-corrected chi connectivity index (χ1v) is 25.8. The Morgan fingerprint density at radius 1 is 0.328 bits per heavy atom. The summed E-state index contributed by atoms with van der Waals surface area (Å²) in [7, 11) is 0. The number of carbonyl (C=O) groups excluding carboxylic acids is 3. The zero-order chi connectivity index (χ0) is 44.4. The van der Waals surface area contributed by atoms with Crippen molar-refractivity contribution < 1.29 is 28.6 Å². The molecule has 0 saturated heterocycles. The molecule has 0 aromatic heterocycles. The smallest absolute Gasteiger partial charge is 0.306 e. The third kappa shape index (κ3) is 48.0. The highest BCUT2D eigenvalue weighted by atomic mass is 16.6. The maximum Gasteiger partial charge on any atom is 0.306 e. The van der Waals surface area contributed by atoms with Gasteiger partial charge >= 0.3 is 17.9 Å². The molecule has 0 unspecified atom stereocenters. The highest BCUT2D eigenvalue weighted by molar-refractivity contribution is 5.71. The number of carbonyl (C=O) groups is 3. The molecule has 0 N–H and O–H groups in total. The Morgan fingerprint density at radius 2 is 0.590 bits per heavy atom. The van der Waals surface area contributed by atoms with Crippen LogP contribution >= 0.6 is 0 Å². The van der Waals surface area contributed by atoms with Crippen LogP contribution in [0.5, 0.6) is 0 Å². The predicted molar refractivity (Wildman–Crippen MR) is 261 cm³/mol. The number of ether oxygens (including phenoxy) is 3. The number of esters is 3. The quantitative estimate of drug-likeness (QED) is 0.0263. The summed E-state index contributed by atoms with van der Waals surface area (Å²) >= 11 is 0. The molecule has 0 aromatic carbocycles. The lowest BCUT2D eigenvalue weighted by molar-refractivity contribution is -0.167. The Labute approximate surface area is 377 Å². The molecule has 0 aliphatic carbocycles. The molecule has 0 aromatic rings. The summed E-state index contributed by atoms with van der Waals surface area (Å²) in [4.78, 5) is 37.9. The van der Waals surface area contributed by atoms with Crippen LogP contribution in [0.1, 0.15) is 252 Å². The maximum atomic E-state index is 12.8. The standard InChI is InChI=1S/C55H96O6/c1-4-7-10-13-16-19-21-23-25-26-27-28-30-31-33-36-39-42-45-48-54(57)60-51-52(50-59-53(56)47-44-41-38-35-18-15-12-9-6-3)61-55(58)49-46-43-40-37-34-32-29-24-22-20-17-14-11-8-5-2/h16,19,23-25,27-29,31,33,52H,4-15,17-18,20-22,26,30,32,34-51H2,1-3H3/b19-16-,25-23-,28-27-,29-24-,33-31-/t52-/m1/s1. The van der Waals surface area contributed by atoms with E-state index in [1.807, 2.05) is 0 Å². The second kappa shape index (κ2) is 49.8. The van der Waals surface area contributed by atoms with Gasteiger partial charge in [-0.25, -0.2) is 0 Å². The predicted octanol–water partition coefficient (Wildman–Crippen LogP) is 16.9. The van der Waals surface area contributed by atoms with Crippen molar-refractivity contribution in [2.45, 2.75) is 258 Å². The van der Waals surface area contributed by atoms with E-state index in [4.69, 9.17) is 14.2 Å². The van der Waals surface area contributed by atoms with E-state index >= 15 is 0 Å². The molecule has 352 valence electrons. The van der Waals surface area contributed by atoms with Crippen LogP contribution in [0.3, 0.4) is 0 Å². The average molecular weight is 853 g/mol. The van der Waals surface area contributed by atoms with Crippen molar-refractivity contribution in [1.82, 2.24) is 0 Å². The highest BCUT2D eigenvalue weighted by Gasteiger charge is 2.19. The zero-order valence-electron chi connectivity index (χ0n) is 40.2. The van der Waals surface area contributed by atoms with Crippen LogP contribution in [-0.4, -0.2) is 37.2 Å². The molecule has 1 atom stereocenters. The summed E-state index contributed by atoms with van der Waals surface area (Å²) in [6.45, 7) is 6.55. The number of rotatable bonds is 46. The van der Waals surface area contributed by atoms with Gasteiger partial charge in [0.1, 0.15) is 13.2 Å². The lowest BCUT2D eigenvalue weighted by atomic mass is 10.1. The van der Waals surface area contributed by atoms with Crippen LogP contribution in [0.25, 0.3) is 0 Å². The molecule has 0 rings (SSSR count). The summed E-state index contributed by atoms with van der Waals surface area (Å²) in [5.74, 6) is -0.927. The van der Waals surface area contributed by atoms with E-state index in [0.29, 0.717) is 19.3 Å². The summed E-state index contributed by atoms with van der Waals surface area (Å²) in [5.41, 5.74) is 0. The first-order valence-electron chi connectivity index (χ1n) is 25.8. The van der Waals surface area contributed by atoms with Gasteiger partial charge in [-0.3, -0.25) is 14.4 Å². The third-order valence-corrected chi connectivity index (χ3v) is 11.0. The second-order valence-corrected chi connectivity index (χ2v) is 17.1. The lowest BCUT2D eigenvalue weighted by Gasteiger charge is -2.18. The normalized spacial score (nSPS) is 12.5. The molecule has 0 saturated carbocycles. The fourth-order valence-corrected chi connectivity index (χ4v) is 7.07. The van der Waals surface area contributed by atoms with Gasteiger partial charge in [0.25, 0.3) is 0 Å². The van der Waals surface area contributed by atoms with E-state index in [-0.39, 0.29) is 31.1 Å². The number of hydrogen-bond acceptors (Lipinski definition) is 6. The van der Waals surface area contributed by atoms with Crippen LogP contribution in [0.4, 0.5) is 0 Å². The van der Waals surface area contributed by atoms with Crippen molar-refractivity contribution in [3.05, 3.63) is 60.8 Å². The summed E-state index contributed by atoms with van der Waals surface area (Å²) < 4.78 is 16.7. The number of allylic oxidation sites excluding steroid dienone is 10.